The Balaban J connectivity index is 2.31. The summed E-state index contributed by atoms with van der Waals surface area (Å²) in [6.07, 6.45) is 2.38. The molecule has 2 aromatic rings. The molecule has 2 rings (SSSR count). The van der Waals surface area contributed by atoms with Gasteiger partial charge in [-0.05, 0) is 23.6 Å². The van der Waals surface area contributed by atoms with Crippen molar-refractivity contribution in [2.45, 2.75) is 25.7 Å². The lowest BCUT2D eigenvalue weighted by Crippen LogP contribution is -2.00. The maximum atomic E-state index is 3.35. The van der Waals surface area contributed by atoms with Gasteiger partial charge in [-0.15, -0.1) is 0 Å². The molecular weight excluding hydrogens is 192 g/mol. The average Bonchev–Trinajstić information content (AvgIpc) is 2.38. The molecule has 0 amide bonds. The highest BCUT2D eigenvalue weighted by atomic mass is 14.2. The molecule has 0 nitrogen and oxygen atoms in total. The van der Waals surface area contributed by atoms with Crippen LogP contribution >= 0.6 is 0 Å². The van der Waals surface area contributed by atoms with Crippen LogP contribution in [0, 0.1) is 6.07 Å². The number of hydrogen-bond acceptors (Lipinski definition) is 0. The molecule has 0 fully saturated rings. The van der Waals surface area contributed by atoms with Gasteiger partial charge in [0, 0.05) is 5.92 Å². The van der Waals surface area contributed by atoms with E-state index in [9.17, 15) is 0 Å². The van der Waals surface area contributed by atoms with Gasteiger partial charge < -0.3 is 0 Å². The van der Waals surface area contributed by atoms with E-state index < -0.39 is 0 Å². The Hall–Kier alpha value is -1.56. The summed E-state index contributed by atoms with van der Waals surface area (Å²) in [6, 6.07) is 22.4. The molecule has 1 unspecified atom stereocenters. The van der Waals surface area contributed by atoms with E-state index in [1.165, 1.54) is 24.0 Å². The van der Waals surface area contributed by atoms with Crippen molar-refractivity contribution in [3.8, 4) is 0 Å². The van der Waals surface area contributed by atoms with E-state index in [1.807, 2.05) is 12.1 Å². The van der Waals surface area contributed by atoms with E-state index in [0.29, 0.717) is 5.92 Å². The van der Waals surface area contributed by atoms with Gasteiger partial charge >= 0.3 is 0 Å². The Labute approximate surface area is 97.9 Å². The minimum absolute atomic E-state index is 0.493. The lowest BCUT2D eigenvalue weighted by Gasteiger charge is -2.16. The Bertz CT molecular complexity index is 363. The first kappa shape index (κ1) is 10.9. The maximum Gasteiger partial charge on any atom is 0.00953 e. The molecular formula is C16H17. The van der Waals surface area contributed by atoms with Crippen molar-refractivity contribution in [2.75, 3.05) is 0 Å². The summed E-state index contributed by atoms with van der Waals surface area (Å²) < 4.78 is 0. The van der Waals surface area contributed by atoms with Gasteiger partial charge in [-0.1, -0.05) is 67.9 Å². The second kappa shape index (κ2) is 5.50. The first-order valence-corrected chi connectivity index (χ1v) is 5.93. The minimum Gasteiger partial charge on any atom is -0.0653 e. The van der Waals surface area contributed by atoms with Crippen LogP contribution in [0.3, 0.4) is 0 Å². The lowest BCUT2D eigenvalue weighted by molar-refractivity contribution is 0.697. The summed E-state index contributed by atoms with van der Waals surface area (Å²) in [5.41, 5.74) is 2.70. The zero-order valence-electron chi connectivity index (χ0n) is 9.69. The SMILES string of the molecule is CCCC(c1[c]cccc1)c1ccccc1. The zero-order chi connectivity index (χ0) is 11.2. The molecule has 2 aromatic carbocycles. The largest absolute Gasteiger partial charge is 0.0653 e. The van der Waals surface area contributed by atoms with E-state index in [1.54, 1.807) is 0 Å². The van der Waals surface area contributed by atoms with E-state index in [4.69, 9.17) is 0 Å². The van der Waals surface area contributed by atoms with E-state index in [0.717, 1.165) is 0 Å². The monoisotopic (exact) mass is 209 g/mol. The van der Waals surface area contributed by atoms with Gasteiger partial charge in [-0.3, -0.25) is 0 Å². The summed E-state index contributed by atoms with van der Waals surface area (Å²) in [5, 5.41) is 0. The fraction of sp³-hybridized carbons (Fsp3) is 0.250. The fourth-order valence-corrected chi connectivity index (χ4v) is 2.10. The third-order valence-electron chi connectivity index (χ3n) is 2.89. The highest BCUT2D eigenvalue weighted by molar-refractivity contribution is 5.31. The Kier molecular flexibility index (Phi) is 3.76. The molecule has 0 aromatic heterocycles. The Morgan fingerprint density at radius 1 is 1.00 bits per heavy atom. The van der Waals surface area contributed by atoms with Crippen LogP contribution in [-0.4, -0.2) is 0 Å². The molecule has 0 aliphatic carbocycles. The third-order valence-corrected chi connectivity index (χ3v) is 2.89. The molecule has 0 bridgehead atoms. The molecule has 81 valence electrons. The van der Waals surface area contributed by atoms with Gasteiger partial charge in [-0.25, -0.2) is 0 Å². The predicted octanol–water partition coefficient (Wildman–Crippen LogP) is 4.42. The predicted molar refractivity (Wildman–Crippen MR) is 68.5 cm³/mol. The van der Waals surface area contributed by atoms with Crippen molar-refractivity contribution >= 4 is 0 Å². The Morgan fingerprint density at radius 3 is 2.38 bits per heavy atom. The van der Waals surface area contributed by atoms with Crippen molar-refractivity contribution in [3.05, 3.63) is 71.8 Å². The van der Waals surface area contributed by atoms with Gasteiger partial charge in [0.25, 0.3) is 0 Å². The van der Waals surface area contributed by atoms with Crippen LogP contribution in [0.15, 0.2) is 54.6 Å². The van der Waals surface area contributed by atoms with Crippen LogP contribution in [0.1, 0.15) is 36.8 Å². The summed E-state index contributed by atoms with van der Waals surface area (Å²) in [4.78, 5) is 0. The van der Waals surface area contributed by atoms with Gasteiger partial charge in [0.15, 0.2) is 0 Å². The third kappa shape index (κ3) is 2.52. The van der Waals surface area contributed by atoms with Gasteiger partial charge in [0.1, 0.15) is 0 Å². The molecule has 0 saturated heterocycles. The van der Waals surface area contributed by atoms with Crippen molar-refractivity contribution in [1.82, 2.24) is 0 Å². The molecule has 0 heteroatoms. The lowest BCUT2D eigenvalue weighted by atomic mass is 9.88. The molecule has 0 saturated carbocycles. The second-order valence-electron chi connectivity index (χ2n) is 4.07. The van der Waals surface area contributed by atoms with Crippen LogP contribution < -0.4 is 0 Å². The number of benzene rings is 2. The molecule has 0 spiro atoms. The molecule has 0 heterocycles. The van der Waals surface area contributed by atoms with Crippen LogP contribution in [0.4, 0.5) is 0 Å². The fourth-order valence-electron chi connectivity index (χ4n) is 2.10. The molecule has 0 aliphatic heterocycles. The van der Waals surface area contributed by atoms with Crippen molar-refractivity contribution in [3.63, 3.8) is 0 Å². The van der Waals surface area contributed by atoms with Gasteiger partial charge in [0.2, 0.25) is 0 Å². The number of hydrogen-bond donors (Lipinski definition) is 0. The summed E-state index contributed by atoms with van der Waals surface area (Å²) >= 11 is 0. The van der Waals surface area contributed by atoms with Crippen LogP contribution in [0.2, 0.25) is 0 Å². The zero-order valence-corrected chi connectivity index (χ0v) is 9.69. The molecule has 1 radical (unpaired) electrons. The summed E-state index contributed by atoms with van der Waals surface area (Å²) in [7, 11) is 0. The first-order chi connectivity index (χ1) is 7.92. The van der Waals surface area contributed by atoms with E-state index >= 15 is 0 Å². The van der Waals surface area contributed by atoms with Crippen LogP contribution in [0.5, 0.6) is 0 Å². The quantitative estimate of drug-likeness (QED) is 0.699. The maximum absolute atomic E-state index is 3.35. The molecule has 1 atom stereocenters. The molecule has 16 heavy (non-hydrogen) atoms. The standard InChI is InChI=1S/C16H17/c1-2-9-16(14-10-5-3-6-11-14)15-12-7-4-8-13-15/h3-8,10-12,16H,2,9H2,1H3. The van der Waals surface area contributed by atoms with E-state index in [-0.39, 0.29) is 0 Å². The topological polar surface area (TPSA) is 0 Å². The van der Waals surface area contributed by atoms with Gasteiger partial charge in [0.05, 0.1) is 0 Å². The second-order valence-corrected chi connectivity index (χ2v) is 4.07. The highest BCUT2D eigenvalue weighted by Gasteiger charge is 2.12. The van der Waals surface area contributed by atoms with Crippen molar-refractivity contribution < 1.29 is 0 Å². The molecule has 0 N–H and O–H groups in total. The summed E-state index contributed by atoms with van der Waals surface area (Å²) in [6.45, 7) is 2.24. The van der Waals surface area contributed by atoms with Gasteiger partial charge in [-0.2, -0.15) is 0 Å². The smallest absolute Gasteiger partial charge is 0.00953 e. The first-order valence-electron chi connectivity index (χ1n) is 5.93. The van der Waals surface area contributed by atoms with Crippen LogP contribution in [0.25, 0.3) is 0 Å². The Morgan fingerprint density at radius 2 is 1.75 bits per heavy atom. The molecule has 0 aliphatic rings. The van der Waals surface area contributed by atoms with Crippen LogP contribution in [-0.2, 0) is 0 Å². The number of rotatable bonds is 4. The normalized spacial score (nSPS) is 10.6. The van der Waals surface area contributed by atoms with Crippen molar-refractivity contribution in [1.29, 1.82) is 0 Å². The van der Waals surface area contributed by atoms with E-state index in [2.05, 4.69) is 55.5 Å². The average molecular weight is 209 g/mol. The highest BCUT2D eigenvalue weighted by Crippen LogP contribution is 2.28. The van der Waals surface area contributed by atoms with Crippen molar-refractivity contribution in [2.24, 2.45) is 0 Å². The summed E-state index contributed by atoms with van der Waals surface area (Å²) in [5.74, 6) is 0.493. The minimum atomic E-state index is 0.493.